The summed E-state index contributed by atoms with van der Waals surface area (Å²) in [5, 5.41) is 3.43. The van der Waals surface area contributed by atoms with Crippen LogP contribution in [0.3, 0.4) is 0 Å². The van der Waals surface area contributed by atoms with E-state index in [-0.39, 0.29) is 30.3 Å². The molecule has 3 fully saturated rings. The van der Waals surface area contributed by atoms with Gasteiger partial charge in [-0.05, 0) is 63.0 Å². The van der Waals surface area contributed by atoms with Gasteiger partial charge in [-0.1, -0.05) is 57.4 Å². The summed E-state index contributed by atoms with van der Waals surface area (Å²) in [6.45, 7) is 2.60. The van der Waals surface area contributed by atoms with Gasteiger partial charge in [0.05, 0.1) is 12.6 Å². The van der Waals surface area contributed by atoms with E-state index in [1.165, 1.54) is 56.3 Å². The Morgan fingerprint density at radius 2 is 1.72 bits per heavy atom. The molecule has 6 nitrogen and oxygen atoms in total. The van der Waals surface area contributed by atoms with Gasteiger partial charge in [0.2, 0.25) is 0 Å². The number of amides is 3. The van der Waals surface area contributed by atoms with E-state index >= 15 is 0 Å². The van der Waals surface area contributed by atoms with E-state index < -0.39 is 5.54 Å². The van der Waals surface area contributed by atoms with Crippen molar-refractivity contribution in [3.05, 3.63) is 11.6 Å². The number of urea groups is 1. The molecule has 2 heterocycles. The third-order valence-corrected chi connectivity index (χ3v) is 8.70. The van der Waals surface area contributed by atoms with Gasteiger partial charge in [-0.25, -0.2) is 4.79 Å². The van der Waals surface area contributed by atoms with Gasteiger partial charge in [0, 0.05) is 7.05 Å². The highest BCUT2D eigenvalue weighted by Gasteiger charge is 2.55. The van der Waals surface area contributed by atoms with Crippen molar-refractivity contribution in [3.63, 3.8) is 0 Å². The molecule has 2 aliphatic carbocycles. The fourth-order valence-electron chi connectivity index (χ4n) is 6.57. The van der Waals surface area contributed by atoms with E-state index in [9.17, 15) is 14.4 Å². The van der Waals surface area contributed by atoms with Gasteiger partial charge in [-0.15, -0.1) is 0 Å². The molecule has 4 rings (SSSR count). The predicted octanol–water partition coefficient (Wildman–Crippen LogP) is 4.44. The smallest absolute Gasteiger partial charge is 0.309 e. The minimum atomic E-state index is -0.946. The number of allylic oxidation sites excluding steroid dienone is 1. The Balaban J connectivity index is 1.46. The van der Waals surface area contributed by atoms with Crippen molar-refractivity contribution in [2.24, 2.45) is 11.8 Å². The van der Waals surface area contributed by atoms with E-state index in [0.717, 1.165) is 44.2 Å². The van der Waals surface area contributed by atoms with Crippen LogP contribution in [0.25, 0.3) is 0 Å². The molecule has 0 aromatic heterocycles. The monoisotopic (exact) mass is 443 g/mol. The third-order valence-electron chi connectivity index (χ3n) is 8.70. The zero-order valence-electron chi connectivity index (χ0n) is 20.0. The van der Waals surface area contributed by atoms with Crippen LogP contribution in [0.4, 0.5) is 4.79 Å². The molecule has 6 heteroatoms. The summed E-state index contributed by atoms with van der Waals surface area (Å²) in [4.78, 5) is 42.7. The SMILES string of the molecule is CN1C(=O)N(CC(=O)C2NCCC2C2CCCCCCCC2)C(=O)C1(C)C1=CCCCC1. The van der Waals surface area contributed by atoms with Crippen molar-refractivity contribution in [2.45, 2.75) is 102 Å². The number of hydrogen-bond donors (Lipinski definition) is 1. The molecular weight excluding hydrogens is 402 g/mol. The van der Waals surface area contributed by atoms with Gasteiger partial charge in [0.15, 0.2) is 5.78 Å². The normalized spacial score (nSPS) is 33.1. The second-order valence-electron chi connectivity index (χ2n) is 10.6. The van der Waals surface area contributed by atoms with Gasteiger partial charge >= 0.3 is 6.03 Å². The maximum atomic E-state index is 13.5. The van der Waals surface area contributed by atoms with Crippen LogP contribution in [0.15, 0.2) is 11.6 Å². The van der Waals surface area contributed by atoms with Crippen LogP contribution in [-0.4, -0.2) is 59.2 Å². The molecule has 1 saturated carbocycles. The molecule has 3 unspecified atom stereocenters. The van der Waals surface area contributed by atoms with Crippen molar-refractivity contribution >= 4 is 17.7 Å². The number of nitrogens with zero attached hydrogens (tertiary/aromatic N) is 2. The zero-order chi connectivity index (χ0) is 22.7. The van der Waals surface area contributed by atoms with Crippen LogP contribution < -0.4 is 5.32 Å². The van der Waals surface area contributed by atoms with Crippen LogP contribution >= 0.6 is 0 Å². The Kier molecular flexibility index (Phi) is 7.38. The summed E-state index contributed by atoms with van der Waals surface area (Å²) >= 11 is 0. The minimum absolute atomic E-state index is 0.00402. The summed E-state index contributed by atoms with van der Waals surface area (Å²) in [6.07, 6.45) is 17.3. The Morgan fingerprint density at radius 1 is 1.03 bits per heavy atom. The maximum absolute atomic E-state index is 13.5. The molecule has 2 aliphatic heterocycles. The first-order valence-electron chi connectivity index (χ1n) is 13.0. The first kappa shape index (κ1) is 23.5. The molecule has 3 atom stereocenters. The second-order valence-corrected chi connectivity index (χ2v) is 10.6. The predicted molar refractivity (Wildman–Crippen MR) is 125 cm³/mol. The first-order valence-corrected chi connectivity index (χ1v) is 13.0. The lowest BCUT2D eigenvalue weighted by molar-refractivity contribution is -0.134. The summed E-state index contributed by atoms with van der Waals surface area (Å²) < 4.78 is 0. The van der Waals surface area contributed by atoms with Crippen LogP contribution in [0.5, 0.6) is 0 Å². The Bertz CT molecular complexity index is 753. The van der Waals surface area contributed by atoms with E-state index in [4.69, 9.17) is 0 Å². The molecule has 3 amide bonds. The molecule has 32 heavy (non-hydrogen) atoms. The van der Waals surface area contributed by atoms with Crippen molar-refractivity contribution in [2.75, 3.05) is 20.1 Å². The lowest BCUT2D eigenvalue weighted by Gasteiger charge is -2.33. The Morgan fingerprint density at radius 3 is 2.38 bits per heavy atom. The largest absolute Gasteiger partial charge is 0.328 e. The van der Waals surface area contributed by atoms with E-state index in [2.05, 4.69) is 11.4 Å². The summed E-state index contributed by atoms with van der Waals surface area (Å²) in [6, 6.07) is -0.568. The number of Topliss-reactive ketones (excluding diaryl/α,β-unsaturated/α-hetero) is 1. The molecule has 0 aromatic carbocycles. The number of carbonyl (C=O) groups is 3. The van der Waals surface area contributed by atoms with Gasteiger partial charge < -0.3 is 10.2 Å². The van der Waals surface area contributed by atoms with Crippen LogP contribution in [-0.2, 0) is 9.59 Å². The molecular formula is C26H41N3O3. The lowest BCUT2D eigenvalue weighted by atomic mass is 9.79. The number of nitrogens with one attached hydrogen (secondary N) is 1. The number of rotatable bonds is 5. The van der Waals surface area contributed by atoms with E-state index in [1.54, 1.807) is 11.9 Å². The summed E-state index contributed by atoms with van der Waals surface area (Å²) in [7, 11) is 1.70. The van der Waals surface area contributed by atoms with Crippen molar-refractivity contribution < 1.29 is 14.4 Å². The molecule has 0 bridgehead atoms. The van der Waals surface area contributed by atoms with Gasteiger partial charge in [-0.2, -0.15) is 0 Å². The average molecular weight is 444 g/mol. The number of ketones is 1. The molecule has 0 aromatic rings. The Labute approximate surface area is 193 Å². The topological polar surface area (TPSA) is 69.7 Å². The maximum Gasteiger partial charge on any atom is 0.328 e. The highest BCUT2D eigenvalue weighted by Crippen LogP contribution is 2.38. The van der Waals surface area contributed by atoms with Gasteiger partial charge in [0.1, 0.15) is 5.54 Å². The third kappa shape index (κ3) is 4.40. The second kappa shape index (κ2) is 10.1. The fourth-order valence-corrected chi connectivity index (χ4v) is 6.57. The molecule has 4 aliphatic rings. The average Bonchev–Trinajstić information content (AvgIpc) is 3.39. The van der Waals surface area contributed by atoms with Crippen LogP contribution in [0.1, 0.15) is 90.4 Å². The number of likely N-dealkylation sites (N-methyl/N-ethyl adjacent to an activating group) is 1. The minimum Gasteiger partial charge on any atom is -0.309 e. The number of hydrogen-bond acceptors (Lipinski definition) is 4. The fraction of sp³-hybridized carbons (Fsp3) is 0.808. The Hall–Kier alpha value is -1.69. The standard InChI is InChI=1S/C26H41N3O3/c1-26(20-14-10-7-11-15-20)24(31)29(25(32)28(26)2)18-22(30)23-21(16-17-27-23)19-12-8-5-3-4-6-9-13-19/h14,19,21,23,27H,3-13,15-18H2,1-2H3. The van der Waals surface area contributed by atoms with E-state index in [0.29, 0.717) is 11.8 Å². The first-order chi connectivity index (χ1) is 15.4. The highest BCUT2D eigenvalue weighted by molar-refractivity contribution is 6.11. The number of imide groups is 1. The van der Waals surface area contributed by atoms with Crippen molar-refractivity contribution in [1.29, 1.82) is 0 Å². The molecule has 1 N–H and O–H groups in total. The van der Waals surface area contributed by atoms with Crippen LogP contribution in [0, 0.1) is 11.8 Å². The van der Waals surface area contributed by atoms with Gasteiger partial charge in [-0.3, -0.25) is 14.5 Å². The molecule has 0 spiro atoms. The summed E-state index contributed by atoms with van der Waals surface area (Å²) in [5.74, 6) is 0.675. The van der Waals surface area contributed by atoms with Crippen molar-refractivity contribution in [3.8, 4) is 0 Å². The lowest BCUT2D eigenvalue weighted by Crippen LogP contribution is -2.48. The number of carbonyl (C=O) groups excluding carboxylic acids is 3. The zero-order valence-corrected chi connectivity index (χ0v) is 20.0. The quantitative estimate of drug-likeness (QED) is 0.504. The molecule has 0 radical (unpaired) electrons. The van der Waals surface area contributed by atoms with Crippen molar-refractivity contribution in [1.82, 2.24) is 15.1 Å². The highest BCUT2D eigenvalue weighted by atomic mass is 16.2. The summed E-state index contributed by atoms with van der Waals surface area (Å²) in [5.41, 5.74) is 0.0833. The van der Waals surface area contributed by atoms with E-state index in [1.807, 2.05) is 6.92 Å². The molecule has 2 saturated heterocycles. The van der Waals surface area contributed by atoms with Gasteiger partial charge in [0.25, 0.3) is 5.91 Å². The molecule has 178 valence electrons. The van der Waals surface area contributed by atoms with Crippen LogP contribution in [0.2, 0.25) is 0 Å².